The van der Waals surface area contributed by atoms with Crippen molar-refractivity contribution in [3.8, 4) is 11.5 Å². The molecule has 7 heteroatoms. The van der Waals surface area contributed by atoms with E-state index in [2.05, 4.69) is 15.4 Å². The van der Waals surface area contributed by atoms with Crippen molar-refractivity contribution in [3.05, 3.63) is 89.3 Å². The van der Waals surface area contributed by atoms with Crippen LogP contribution in [-0.2, 0) is 6.54 Å². The minimum Gasteiger partial charge on any atom is -0.441 e. The normalized spacial score (nSPS) is 10.9. The monoisotopic (exact) mass is 390 g/mol. The molecule has 1 N–H and O–H groups in total. The van der Waals surface area contributed by atoms with E-state index < -0.39 is 0 Å². The third kappa shape index (κ3) is 4.24. The number of aromatic nitrogens is 3. The molecule has 0 spiro atoms. The largest absolute Gasteiger partial charge is 0.441 e. The maximum absolute atomic E-state index is 13.0. The molecule has 2 heterocycles. The van der Waals surface area contributed by atoms with E-state index in [0.717, 1.165) is 22.6 Å². The van der Waals surface area contributed by atoms with Crippen molar-refractivity contribution < 1.29 is 13.6 Å². The van der Waals surface area contributed by atoms with Crippen molar-refractivity contribution in [1.82, 2.24) is 14.8 Å². The minimum atomic E-state index is -0.380. The Balaban J connectivity index is 1.47. The first kappa shape index (κ1) is 18.6. The molecule has 0 saturated heterocycles. The number of halogens is 1. The first-order valence-corrected chi connectivity index (χ1v) is 9.10. The molecule has 4 rings (SSSR count). The minimum absolute atomic E-state index is 0.304. The van der Waals surface area contributed by atoms with Crippen LogP contribution in [0.15, 0.2) is 65.3 Å². The van der Waals surface area contributed by atoms with Crippen molar-refractivity contribution in [1.29, 1.82) is 0 Å². The van der Waals surface area contributed by atoms with E-state index >= 15 is 0 Å². The average Bonchev–Trinajstić information content (AvgIpc) is 3.28. The number of benzene rings is 2. The zero-order valence-electron chi connectivity index (χ0n) is 16.0. The lowest BCUT2D eigenvalue weighted by Gasteiger charge is -2.05. The quantitative estimate of drug-likeness (QED) is 0.541. The van der Waals surface area contributed by atoms with Gasteiger partial charge in [-0.25, -0.2) is 9.37 Å². The molecule has 0 aliphatic carbocycles. The van der Waals surface area contributed by atoms with Gasteiger partial charge in [0.25, 0.3) is 5.91 Å². The predicted molar refractivity (Wildman–Crippen MR) is 107 cm³/mol. The first-order chi connectivity index (χ1) is 14.0. The van der Waals surface area contributed by atoms with Crippen molar-refractivity contribution in [2.75, 3.05) is 5.32 Å². The topological polar surface area (TPSA) is 73.0 Å². The molecule has 29 heavy (non-hydrogen) atoms. The molecule has 6 nitrogen and oxygen atoms in total. The summed E-state index contributed by atoms with van der Waals surface area (Å²) in [5.41, 5.74) is 3.72. The molecule has 0 aliphatic heterocycles. The number of hydrogen-bond donors (Lipinski definition) is 1. The van der Waals surface area contributed by atoms with E-state index in [1.165, 1.54) is 24.3 Å². The summed E-state index contributed by atoms with van der Waals surface area (Å²) in [6.45, 7) is 4.40. The maximum atomic E-state index is 13.0. The van der Waals surface area contributed by atoms with Gasteiger partial charge in [-0.15, -0.1) is 0 Å². The van der Waals surface area contributed by atoms with Crippen LogP contribution in [0.5, 0.6) is 0 Å². The molecule has 0 fully saturated rings. The van der Waals surface area contributed by atoms with Gasteiger partial charge in [0.05, 0.1) is 12.7 Å². The Labute approximate surface area is 167 Å². The zero-order valence-corrected chi connectivity index (χ0v) is 16.0. The Morgan fingerprint density at radius 2 is 1.83 bits per heavy atom. The van der Waals surface area contributed by atoms with E-state index in [1.54, 1.807) is 18.3 Å². The number of carbonyl (C=O) groups excluding carboxylic acids is 1. The van der Waals surface area contributed by atoms with Crippen LogP contribution in [0, 0.1) is 19.7 Å². The molecule has 2 aromatic heterocycles. The summed E-state index contributed by atoms with van der Waals surface area (Å²) in [6, 6.07) is 12.6. The molecule has 0 unspecified atom stereocenters. The summed E-state index contributed by atoms with van der Waals surface area (Å²) in [5, 5.41) is 7.06. The summed E-state index contributed by atoms with van der Waals surface area (Å²) in [4.78, 5) is 16.8. The van der Waals surface area contributed by atoms with E-state index in [0.29, 0.717) is 23.7 Å². The summed E-state index contributed by atoms with van der Waals surface area (Å²) in [7, 11) is 0. The Morgan fingerprint density at radius 1 is 1.10 bits per heavy atom. The summed E-state index contributed by atoms with van der Waals surface area (Å²) >= 11 is 0. The number of anilines is 1. The van der Waals surface area contributed by atoms with Crippen LogP contribution in [0.3, 0.4) is 0 Å². The van der Waals surface area contributed by atoms with Gasteiger partial charge in [-0.2, -0.15) is 5.10 Å². The van der Waals surface area contributed by atoms with Crippen LogP contribution < -0.4 is 5.32 Å². The number of aryl methyl sites for hydroxylation is 2. The predicted octanol–water partition coefficient (Wildman–Crippen LogP) is 4.59. The Hall–Kier alpha value is -3.74. The number of hydrogen-bond acceptors (Lipinski definition) is 4. The molecule has 2 aromatic carbocycles. The molecule has 0 atom stereocenters. The van der Waals surface area contributed by atoms with Crippen molar-refractivity contribution in [2.45, 2.75) is 20.4 Å². The highest BCUT2D eigenvalue weighted by Gasteiger charge is 2.13. The number of rotatable bonds is 5. The first-order valence-electron chi connectivity index (χ1n) is 9.10. The number of nitrogens with zero attached hydrogens (tertiary/aromatic N) is 3. The van der Waals surface area contributed by atoms with Gasteiger partial charge >= 0.3 is 0 Å². The second-order valence-corrected chi connectivity index (χ2v) is 6.78. The van der Waals surface area contributed by atoms with Gasteiger partial charge in [0.2, 0.25) is 5.89 Å². The van der Waals surface area contributed by atoms with Gasteiger partial charge < -0.3 is 9.73 Å². The molecular weight excluding hydrogens is 371 g/mol. The molecule has 0 saturated carbocycles. The molecule has 1 amide bonds. The molecule has 0 radical (unpaired) electrons. The summed E-state index contributed by atoms with van der Waals surface area (Å²) in [6.07, 6.45) is 3.75. The summed E-state index contributed by atoms with van der Waals surface area (Å²) < 4.78 is 20.6. The van der Waals surface area contributed by atoms with Gasteiger partial charge in [0.15, 0.2) is 0 Å². The van der Waals surface area contributed by atoms with E-state index in [1.807, 2.05) is 36.9 Å². The van der Waals surface area contributed by atoms with Crippen molar-refractivity contribution >= 4 is 11.6 Å². The lowest BCUT2D eigenvalue weighted by molar-refractivity contribution is 0.102. The third-order valence-corrected chi connectivity index (χ3v) is 4.46. The molecule has 4 aromatic rings. The highest BCUT2D eigenvalue weighted by atomic mass is 19.1. The molecule has 0 aliphatic rings. The number of carbonyl (C=O) groups is 1. The highest BCUT2D eigenvalue weighted by molar-refractivity contribution is 6.04. The van der Waals surface area contributed by atoms with E-state index in [9.17, 15) is 9.18 Å². The SMILES string of the molecule is Cc1cnn(Cc2nc(-c3ccc(NC(=O)c4ccc(F)cc4)cc3)oc2C)c1. The standard InChI is InChI=1S/C22H19FN4O2/c1-14-11-24-27(12-14)13-20-15(2)29-22(26-20)17-5-9-19(10-6-17)25-21(28)16-3-7-18(23)8-4-16/h3-12H,13H2,1-2H3,(H,25,28). The highest BCUT2D eigenvalue weighted by Crippen LogP contribution is 2.24. The average molecular weight is 390 g/mol. The third-order valence-electron chi connectivity index (χ3n) is 4.46. The van der Waals surface area contributed by atoms with Crippen LogP contribution in [-0.4, -0.2) is 20.7 Å². The fourth-order valence-corrected chi connectivity index (χ4v) is 2.91. The van der Waals surface area contributed by atoms with Crippen LogP contribution in [0.25, 0.3) is 11.5 Å². The van der Waals surface area contributed by atoms with Gasteiger partial charge in [0.1, 0.15) is 17.3 Å². The summed E-state index contributed by atoms with van der Waals surface area (Å²) in [5.74, 6) is 0.565. The fourth-order valence-electron chi connectivity index (χ4n) is 2.91. The van der Waals surface area contributed by atoms with Crippen LogP contribution in [0.4, 0.5) is 10.1 Å². The van der Waals surface area contributed by atoms with Crippen LogP contribution >= 0.6 is 0 Å². The Bertz CT molecular complexity index is 1140. The van der Waals surface area contributed by atoms with Gasteiger partial charge in [-0.05, 0) is 67.9 Å². The van der Waals surface area contributed by atoms with Crippen LogP contribution in [0.1, 0.15) is 27.4 Å². The van der Waals surface area contributed by atoms with Crippen molar-refractivity contribution in [2.24, 2.45) is 0 Å². The second kappa shape index (κ2) is 7.71. The number of nitrogens with one attached hydrogen (secondary N) is 1. The molecule has 0 bridgehead atoms. The Kier molecular flexibility index (Phi) is 4.95. The van der Waals surface area contributed by atoms with E-state index in [4.69, 9.17) is 4.42 Å². The van der Waals surface area contributed by atoms with Gasteiger partial charge in [0, 0.05) is 23.0 Å². The van der Waals surface area contributed by atoms with Crippen molar-refractivity contribution in [3.63, 3.8) is 0 Å². The van der Waals surface area contributed by atoms with Crippen LogP contribution in [0.2, 0.25) is 0 Å². The van der Waals surface area contributed by atoms with Gasteiger partial charge in [-0.3, -0.25) is 9.48 Å². The lowest BCUT2D eigenvalue weighted by Crippen LogP contribution is -2.11. The second-order valence-electron chi connectivity index (χ2n) is 6.78. The fraction of sp³-hybridized carbons (Fsp3) is 0.136. The van der Waals surface area contributed by atoms with Gasteiger partial charge in [-0.1, -0.05) is 0 Å². The lowest BCUT2D eigenvalue weighted by atomic mass is 10.2. The molecular formula is C22H19FN4O2. The van der Waals surface area contributed by atoms with E-state index in [-0.39, 0.29) is 11.7 Å². The smallest absolute Gasteiger partial charge is 0.255 e. The number of amides is 1. The Morgan fingerprint density at radius 3 is 2.48 bits per heavy atom. The zero-order chi connectivity index (χ0) is 20.4. The molecule has 146 valence electrons. The number of oxazole rings is 1. The maximum Gasteiger partial charge on any atom is 0.255 e.